The molecular formula is C11H13Cl2F3OSi. The van der Waals surface area contributed by atoms with Gasteiger partial charge in [0.05, 0.1) is 0 Å². The second-order valence-electron chi connectivity index (χ2n) is 4.79. The monoisotopic (exact) mass is 316 g/mol. The molecule has 0 fully saturated rings. The molecule has 1 aromatic rings. The van der Waals surface area contributed by atoms with Crippen LogP contribution in [0, 0.1) is 0 Å². The second kappa shape index (κ2) is 5.41. The smallest absolute Gasteiger partial charge is 0.403 e. The van der Waals surface area contributed by atoms with Crippen molar-refractivity contribution < 1.29 is 17.6 Å². The highest BCUT2D eigenvalue weighted by atomic mass is 35.5. The van der Waals surface area contributed by atoms with Crippen LogP contribution >= 0.6 is 23.2 Å². The Kier molecular flexibility index (Phi) is 4.75. The Morgan fingerprint density at radius 1 is 1.11 bits per heavy atom. The predicted molar refractivity (Wildman–Crippen MR) is 69.7 cm³/mol. The van der Waals surface area contributed by atoms with E-state index in [1.54, 1.807) is 19.6 Å². The maximum absolute atomic E-state index is 13.1. The molecule has 1 unspecified atom stereocenters. The van der Waals surface area contributed by atoms with Crippen molar-refractivity contribution in [2.24, 2.45) is 0 Å². The van der Waals surface area contributed by atoms with Crippen LogP contribution in [-0.4, -0.2) is 14.5 Å². The number of hydrogen-bond acceptors (Lipinski definition) is 1. The van der Waals surface area contributed by atoms with Crippen LogP contribution in [0.25, 0.3) is 0 Å². The Hall–Kier alpha value is -0.233. The van der Waals surface area contributed by atoms with Crippen molar-refractivity contribution in [3.8, 4) is 0 Å². The number of rotatable bonds is 3. The van der Waals surface area contributed by atoms with Crippen molar-refractivity contribution in [1.82, 2.24) is 0 Å². The molecule has 0 saturated carbocycles. The molecule has 0 aliphatic carbocycles. The number of halogens is 5. The zero-order chi connectivity index (χ0) is 14.1. The van der Waals surface area contributed by atoms with E-state index in [9.17, 15) is 13.2 Å². The fourth-order valence-corrected chi connectivity index (χ4v) is 2.96. The van der Waals surface area contributed by atoms with Crippen molar-refractivity contribution >= 4 is 31.5 Å². The SMILES string of the molecule is C[Si](C)(C)OC(c1c(Cl)cccc1Cl)C(F)(F)F. The van der Waals surface area contributed by atoms with Gasteiger partial charge in [-0.15, -0.1) is 0 Å². The topological polar surface area (TPSA) is 9.23 Å². The molecule has 0 bridgehead atoms. The minimum absolute atomic E-state index is 0.0388. The average Bonchev–Trinajstić information content (AvgIpc) is 2.12. The summed E-state index contributed by atoms with van der Waals surface area (Å²) in [5, 5.41) is -0.0776. The molecule has 0 aromatic heterocycles. The van der Waals surface area contributed by atoms with Gasteiger partial charge in [0.15, 0.2) is 14.4 Å². The van der Waals surface area contributed by atoms with E-state index in [1.165, 1.54) is 18.2 Å². The zero-order valence-corrected chi connectivity index (χ0v) is 12.6. The van der Waals surface area contributed by atoms with E-state index >= 15 is 0 Å². The van der Waals surface area contributed by atoms with Crippen LogP contribution < -0.4 is 0 Å². The summed E-state index contributed by atoms with van der Waals surface area (Å²) in [5.41, 5.74) is -0.212. The number of alkyl halides is 3. The summed E-state index contributed by atoms with van der Waals surface area (Å²) in [7, 11) is -2.40. The van der Waals surface area contributed by atoms with Gasteiger partial charge in [0.25, 0.3) is 0 Å². The molecule has 0 aliphatic rings. The van der Waals surface area contributed by atoms with Gasteiger partial charge in [-0.1, -0.05) is 29.3 Å². The zero-order valence-electron chi connectivity index (χ0n) is 10.1. The molecule has 7 heteroatoms. The lowest BCUT2D eigenvalue weighted by molar-refractivity contribution is -0.200. The molecular weight excluding hydrogens is 304 g/mol. The highest BCUT2D eigenvalue weighted by molar-refractivity contribution is 6.69. The lowest BCUT2D eigenvalue weighted by atomic mass is 10.1. The standard InChI is InChI=1S/C11H13Cl2F3OSi/c1-18(2,3)17-10(11(14,15)16)9-7(12)5-4-6-8(9)13/h4-6,10H,1-3H3. The molecule has 102 valence electrons. The van der Waals surface area contributed by atoms with Crippen molar-refractivity contribution in [3.63, 3.8) is 0 Å². The van der Waals surface area contributed by atoms with Crippen molar-refractivity contribution in [3.05, 3.63) is 33.8 Å². The number of hydrogen-bond donors (Lipinski definition) is 0. The molecule has 1 atom stereocenters. The van der Waals surface area contributed by atoms with E-state index in [1.807, 2.05) is 0 Å². The molecule has 1 nitrogen and oxygen atoms in total. The molecule has 0 saturated heterocycles. The van der Waals surface area contributed by atoms with Crippen LogP contribution in [0.15, 0.2) is 18.2 Å². The van der Waals surface area contributed by atoms with Gasteiger partial charge in [-0.05, 0) is 31.8 Å². The van der Waals surface area contributed by atoms with Crippen LogP contribution in [0.2, 0.25) is 29.7 Å². The molecule has 0 spiro atoms. The van der Waals surface area contributed by atoms with Crippen LogP contribution in [-0.2, 0) is 4.43 Å². The summed E-state index contributed by atoms with van der Waals surface area (Å²) in [6.07, 6.45) is -6.63. The average molecular weight is 317 g/mol. The van der Waals surface area contributed by atoms with Crippen LogP contribution in [0.3, 0.4) is 0 Å². The van der Waals surface area contributed by atoms with Gasteiger partial charge in [-0.3, -0.25) is 0 Å². The van der Waals surface area contributed by atoms with Crippen molar-refractivity contribution in [2.75, 3.05) is 0 Å². The van der Waals surface area contributed by atoms with Gasteiger partial charge in [0.1, 0.15) is 0 Å². The summed E-state index contributed by atoms with van der Waals surface area (Å²) in [5.74, 6) is 0. The lowest BCUT2D eigenvalue weighted by Crippen LogP contribution is -2.35. The van der Waals surface area contributed by atoms with Crippen LogP contribution in [0.5, 0.6) is 0 Å². The Morgan fingerprint density at radius 3 is 1.89 bits per heavy atom. The van der Waals surface area contributed by atoms with Gasteiger partial charge in [0, 0.05) is 15.6 Å². The van der Waals surface area contributed by atoms with Gasteiger partial charge in [-0.2, -0.15) is 13.2 Å². The maximum atomic E-state index is 13.1. The van der Waals surface area contributed by atoms with E-state index in [-0.39, 0.29) is 15.6 Å². The largest absolute Gasteiger partial charge is 0.417 e. The molecule has 0 radical (unpaired) electrons. The minimum atomic E-state index is -4.55. The van der Waals surface area contributed by atoms with E-state index in [2.05, 4.69) is 0 Å². The highest BCUT2D eigenvalue weighted by Crippen LogP contribution is 2.43. The quantitative estimate of drug-likeness (QED) is 0.674. The normalized spacial score (nSPS) is 14.7. The summed E-state index contributed by atoms with van der Waals surface area (Å²) in [6, 6.07) is 4.24. The summed E-state index contributed by atoms with van der Waals surface area (Å²) in [6.45, 7) is 5.03. The lowest BCUT2D eigenvalue weighted by Gasteiger charge is -2.29. The third kappa shape index (κ3) is 4.15. The highest BCUT2D eigenvalue weighted by Gasteiger charge is 2.45. The van der Waals surface area contributed by atoms with E-state index < -0.39 is 20.6 Å². The van der Waals surface area contributed by atoms with E-state index in [0.29, 0.717) is 0 Å². The second-order valence-corrected chi connectivity index (χ2v) is 10.1. The minimum Gasteiger partial charge on any atom is -0.403 e. The van der Waals surface area contributed by atoms with Gasteiger partial charge in [0.2, 0.25) is 0 Å². The molecule has 18 heavy (non-hydrogen) atoms. The first-order chi connectivity index (χ1) is 8.02. The summed E-state index contributed by atoms with van der Waals surface area (Å²) in [4.78, 5) is 0. The van der Waals surface area contributed by atoms with Gasteiger partial charge >= 0.3 is 6.18 Å². The van der Waals surface area contributed by atoms with E-state index in [0.717, 1.165) is 0 Å². The Bertz CT molecular complexity index is 409. The molecule has 0 heterocycles. The molecule has 0 N–H and O–H groups in total. The first-order valence-electron chi connectivity index (χ1n) is 5.21. The fourth-order valence-electron chi connectivity index (χ4n) is 1.40. The Labute approximate surface area is 115 Å². The first kappa shape index (κ1) is 15.8. The van der Waals surface area contributed by atoms with Crippen molar-refractivity contribution in [2.45, 2.75) is 31.9 Å². The van der Waals surface area contributed by atoms with Crippen LogP contribution in [0.4, 0.5) is 13.2 Å². The molecule has 1 rings (SSSR count). The third-order valence-electron chi connectivity index (χ3n) is 2.03. The van der Waals surface area contributed by atoms with Crippen molar-refractivity contribution in [1.29, 1.82) is 0 Å². The third-order valence-corrected chi connectivity index (χ3v) is 3.63. The maximum Gasteiger partial charge on any atom is 0.417 e. The molecule has 1 aromatic carbocycles. The summed E-state index contributed by atoms with van der Waals surface area (Å²) < 4.78 is 44.4. The Balaban J connectivity index is 3.27. The molecule has 0 amide bonds. The van der Waals surface area contributed by atoms with E-state index in [4.69, 9.17) is 27.6 Å². The van der Waals surface area contributed by atoms with Gasteiger partial charge in [-0.25, -0.2) is 0 Å². The molecule has 0 aliphatic heterocycles. The number of benzene rings is 1. The predicted octanol–water partition coefficient (Wildman–Crippen LogP) is 5.45. The first-order valence-corrected chi connectivity index (χ1v) is 9.37. The van der Waals surface area contributed by atoms with Crippen LogP contribution in [0.1, 0.15) is 11.7 Å². The fraction of sp³-hybridized carbons (Fsp3) is 0.455. The Morgan fingerprint density at radius 2 is 1.56 bits per heavy atom. The summed E-state index contributed by atoms with van der Waals surface area (Å²) >= 11 is 11.6. The van der Waals surface area contributed by atoms with Gasteiger partial charge < -0.3 is 4.43 Å².